The molecule has 0 unspecified atom stereocenters. The molecule has 318 valence electrons. The first-order valence-corrected chi connectivity index (χ1v) is 24.8. The molecule has 65 heavy (non-hydrogen) atoms. The Morgan fingerprint density at radius 3 is 1.20 bits per heavy atom. The first-order chi connectivity index (χ1) is 31.1. The Labute approximate surface area is 395 Å². The third-order valence-electron chi connectivity index (χ3n) is 13.8. The zero-order valence-corrected chi connectivity index (χ0v) is 40.7. The molecule has 2 aliphatic heterocycles. The molecular weight excluding hydrogens is 820 g/mol. The summed E-state index contributed by atoms with van der Waals surface area (Å²) >= 11 is 3.92. The van der Waals surface area contributed by atoms with Crippen LogP contribution in [0.4, 0.5) is 0 Å². The van der Waals surface area contributed by atoms with Crippen molar-refractivity contribution in [3.05, 3.63) is 187 Å². The van der Waals surface area contributed by atoms with Crippen LogP contribution in [0.25, 0.3) is 66.1 Å². The maximum absolute atomic E-state index is 2.52. The molecular formula is C62H55BS2. The van der Waals surface area contributed by atoms with Crippen LogP contribution in [0.3, 0.4) is 0 Å². The van der Waals surface area contributed by atoms with Crippen molar-refractivity contribution in [3.8, 4) is 44.5 Å². The van der Waals surface area contributed by atoms with Gasteiger partial charge in [0.15, 0.2) is 0 Å². The topological polar surface area (TPSA) is 0 Å². The smallest absolute Gasteiger partial charge is 0.0911 e. The fraction of sp³-hybridized carbons (Fsp3) is 0.194. The van der Waals surface area contributed by atoms with E-state index in [1.54, 1.807) is 0 Å². The van der Waals surface area contributed by atoms with Crippen LogP contribution in [0, 0.1) is 0 Å². The van der Waals surface area contributed by atoms with E-state index in [0.29, 0.717) is 0 Å². The average Bonchev–Trinajstić information content (AvgIpc) is 3.29. The van der Waals surface area contributed by atoms with Crippen LogP contribution in [0.2, 0.25) is 0 Å². The second-order valence-electron chi connectivity index (χ2n) is 21.4. The molecule has 0 radical (unpaired) electrons. The van der Waals surface area contributed by atoms with Gasteiger partial charge >= 0.3 is 0 Å². The first kappa shape index (κ1) is 41.9. The van der Waals surface area contributed by atoms with Crippen LogP contribution in [-0.4, -0.2) is 6.71 Å². The van der Waals surface area contributed by atoms with E-state index >= 15 is 0 Å². The number of hydrogen-bond acceptors (Lipinski definition) is 2. The lowest BCUT2D eigenvalue weighted by molar-refractivity contribution is 0.590. The van der Waals surface area contributed by atoms with Crippen LogP contribution < -0.4 is 16.4 Å². The van der Waals surface area contributed by atoms with E-state index in [4.69, 9.17) is 0 Å². The minimum Gasteiger partial charge on any atom is -0.0911 e. The summed E-state index contributed by atoms with van der Waals surface area (Å²) in [5.41, 5.74) is 18.6. The van der Waals surface area contributed by atoms with E-state index in [0.717, 1.165) is 0 Å². The lowest BCUT2D eigenvalue weighted by Crippen LogP contribution is -2.58. The average molecular weight is 875 g/mol. The summed E-state index contributed by atoms with van der Waals surface area (Å²) in [7, 11) is 0. The molecule has 0 nitrogen and oxygen atoms in total. The predicted octanol–water partition coefficient (Wildman–Crippen LogP) is 16.0. The Kier molecular flexibility index (Phi) is 9.96. The van der Waals surface area contributed by atoms with Crippen LogP contribution in [0.1, 0.15) is 79.0 Å². The van der Waals surface area contributed by atoms with E-state index in [-0.39, 0.29) is 23.0 Å². The fourth-order valence-electron chi connectivity index (χ4n) is 10.2. The second-order valence-corrected chi connectivity index (χ2v) is 23.5. The van der Waals surface area contributed by atoms with Gasteiger partial charge in [-0.15, -0.1) is 0 Å². The molecule has 2 aliphatic rings. The van der Waals surface area contributed by atoms with Gasteiger partial charge in [-0.05, 0) is 147 Å². The zero-order chi connectivity index (χ0) is 45.0. The Morgan fingerprint density at radius 2 is 0.708 bits per heavy atom. The summed E-state index contributed by atoms with van der Waals surface area (Å²) < 4.78 is 0. The Bertz CT molecular complexity index is 3230. The van der Waals surface area contributed by atoms with Crippen molar-refractivity contribution in [3.63, 3.8) is 0 Å². The first-order valence-electron chi connectivity index (χ1n) is 23.2. The van der Waals surface area contributed by atoms with Crippen LogP contribution in [0.15, 0.2) is 189 Å². The number of hydrogen-bond donors (Lipinski definition) is 0. The number of fused-ring (bicyclic) bond motifs is 6. The van der Waals surface area contributed by atoms with Crippen molar-refractivity contribution in [2.24, 2.45) is 0 Å². The van der Waals surface area contributed by atoms with E-state index in [2.05, 4.69) is 232 Å². The van der Waals surface area contributed by atoms with Crippen molar-refractivity contribution < 1.29 is 0 Å². The molecule has 0 aromatic heterocycles. The molecule has 9 aromatic carbocycles. The van der Waals surface area contributed by atoms with E-state index in [1.807, 2.05) is 23.5 Å². The maximum Gasteiger partial charge on any atom is 0.247 e. The molecule has 0 saturated heterocycles. The molecule has 2 heterocycles. The van der Waals surface area contributed by atoms with E-state index in [1.165, 1.54) is 119 Å². The highest BCUT2D eigenvalue weighted by Gasteiger charge is 2.40. The van der Waals surface area contributed by atoms with Gasteiger partial charge < -0.3 is 0 Å². The predicted molar refractivity (Wildman–Crippen MR) is 285 cm³/mol. The number of rotatable bonds is 4. The van der Waals surface area contributed by atoms with Crippen molar-refractivity contribution in [1.29, 1.82) is 0 Å². The van der Waals surface area contributed by atoms with Gasteiger partial charge in [0.1, 0.15) is 0 Å². The molecule has 0 atom stereocenters. The van der Waals surface area contributed by atoms with Crippen LogP contribution in [-0.2, 0) is 16.2 Å². The van der Waals surface area contributed by atoms with Crippen molar-refractivity contribution in [2.45, 2.75) is 98.1 Å². The monoisotopic (exact) mass is 874 g/mol. The van der Waals surface area contributed by atoms with Crippen LogP contribution in [0.5, 0.6) is 0 Å². The molecule has 9 aromatic rings. The van der Waals surface area contributed by atoms with E-state index < -0.39 is 0 Å². The molecule has 0 N–H and O–H groups in total. The Hall–Kier alpha value is -5.74. The minimum absolute atomic E-state index is 0.0239. The Balaban J connectivity index is 1.17. The summed E-state index contributed by atoms with van der Waals surface area (Å²) in [5, 5.41) is 5.08. The lowest BCUT2D eigenvalue weighted by atomic mass is 9.36. The minimum atomic E-state index is 0.0239. The molecule has 11 rings (SSSR count). The van der Waals surface area contributed by atoms with Crippen molar-refractivity contribution >= 4 is 68.2 Å². The highest BCUT2D eigenvalue weighted by atomic mass is 32.2. The van der Waals surface area contributed by atoms with Gasteiger partial charge in [-0.25, -0.2) is 0 Å². The molecule has 0 aliphatic carbocycles. The molecule has 0 amide bonds. The summed E-state index contributed by atoms with van der Waals surface area (Å²) in [4.78, 5) is 5.45. The van der Waals surface area contributed by atoms with Gasteiger partial charge in [0.25, 0.3) is 0 Å². The highest BCUT2D eigenvalue weighted by Crippen LogP contribution is 2.47. The molecule has 0 fully saturated rings. The van der Waals surface area contributed by atoms with Gasteiger partial charge in [0.05, 0.1) is 0 Å². The van der Waals surface area contributed by atoms with Gasteiger partial charge in [-0.1, -0.05) is 224 Å². The van der Waals surface area contributed by atoms with Gasteiger partial charge in [0.2, 0.25) is 6.71 Å². The Morgan fingerprint density at radius 1 is 0.308 bits per heavy atom. The zero-order valence-electron chi connectivity index (χ0n) is 39.1. The van der Waals surface area contributed by atoms with Gasteiger partial charge in [-0.3, -0.25) is 0 Å². The fourth-order valence-corrected chi connectivity index (χ4v) is 12.7. The second kappa shape index (κ2) is 15.4. The lowest BCUT2D eigenvalue weighted by Gasteiger charge is -2.35. The highest BCUT2D eigenvalue weighted by molar-refractivity contribution is 8.01. The molecule has 0 spiro atoms. The van der Waals surface area contributed by atoms with Crippen molar-refractivity contribution in [1.82, 2.24) is 0 Å². The third kappa shape index (κ3) is 7.36. The van der Waals surface area contributed by atoms with E-state index in [9.17, 15) is 0 Å². The van der Waals surface area contributed by atoms with Gasteiger partial charge in [0, 0.05) is 19.6 Å². The normalized spacial score (nSPS) is 13.5. The summed E-state index contributed by atoms with van der Waals surface area (Å²) in [6.07, 6.45) is 0. The largest absolute Gasteiger partial charge is 0.247 e. The molecule has 3 heteroatoms. The summed E-state index contributed by atoms with van der Waals surface area (Å²) in [6.45, 7) is 21.1. The summed E-state index contributed by atoms with van der Waals surface area (Å²) in [6, 6.07) is 65.2. The SMILES string of the molecule is CC(C)(C)c1cccc(-c2cc(-c3cc4c5c(c3)Sc3ccc(C(C)(C)C)cc3B5c3cc(C(C)(C)C)ccc3S4)cc(-c3c4ccccc4c(-c4ccccc4)c4ccccc34)c2)c1. The molecule has 0 bridgehead atoms. The third-order valence-corrected chi connectivity index (χ3v) is 16.1. The quantitative estimate of drug-likeness (QED) is 0.128. The van der Waals surface area contributed by atoms with Crippen molar-refractivity contribution in [2.75, 3.05) is 0 Å². The summed E-state index contributed by atoms with van der Waals surface area (Å²) in [5.74, 6) is 0. The molecule has 0 saturated carbocycles. The maximum atomic E-state index is 2.52. The van der Waals surface area contributed by atoms with Crippen LogP contribution >= 0.6 is 23.5 Å². The van der Waals surface area contributed by atoms with Gasteiger partial charge in [-0.2, -0.15) is 0 Å². The number of benzene rings is 9. The standard InChI is InChI=1S/C62H55BS2/c1-60(2,3)44-21-17-20-39(33-44)40-30-41(32-43(31-40)58-49-24-15-13-22-47(49)57(38-18-11-10-12-19-38)48-23-14-16-25-50(48)58)42-34-55-59-56(35-42)65-54-29-27-46(62(7,8)9)37-52(54)63(59)51-36-45(61(4,5)6)26-28-53(51)64-55/h10-37H,1-9H3.